The van der Waals surface area contributed by atoms with Crippen molar-refractivity contribution >= 4 is 0 Å². The Labute approximate surface area is 292 Å². The second kappa shape index (κ2) is 9.26. The molecular weight excluding hydrogens is 601 g/mol. The fraction of sp³-hybridized carbons (Fsp3) is 0.0400. The van der Waals surface area contributed by atoms with Gasteiger partial charge in [-0.1, -0.05) is 182 Å². The quantitative estimate of drug-likeness (QED) is 0.169. The lowest BCUT2D eigenvalue weighted by Gasteiger charge is -2.31. The van der Waals surface area contributed by atoms with Crippen molar-refractivity contribution in [2.75, 3.05) is 0 Å². The standard InChI is InChI=1S/C50H30/c1-7-23-39-31(15-1)32-16-2-8-24-40(32)49(39)43-27-11-5-19-37(43)47-35(21-13-29-45(47)49)36-22-14-30-46-48(36)38-20-6-12-28-44(38)50(46)41-25-9-3-17-33(41)34-18-4-10-26-42(34)50/h1-30H. The summed E-state index contributed by atoms with van der Waals surface area (Å²) in [5.74, 6) is 0. The van der Waals surface area contributed by atoms with Gasteiger partial charge in [0.2, 0.25) is 0 Å². The van der Waals surface area contributed by atoms with Gasteiger partial charge in [0.1, 0.15) is 0 Å². The first-order valence-electron chi connectivity index (χ1n) is 17.7. The zero-order valence-electron chi connectivity index (χ0n) is 27.3. The minimum absolute atomic E-state index is 0.366. The van der Waals surface area contributed by atoms with Crippen molar-refractivity contribution in [1.29, 1.82) is 0 Å². The zero-order chi connectivity index (χ0) is 32.6. The monoisotopic (exact) mass is 630 g/mol. The van der Waals surface area contributed by atoms with Crippen LogP contribution >= 0.6 is 0 Å². The van der Waals surface area contributed by atoms with Gasteiger partial charge in [0.15, 0.2) is 0 Å². The van der Waals surface area contributed by atoms with Crippen LogP contribution in [0.4, 0.5) is 0 Å². The van der Waals surface area contributed by atoms with E-state index < -0.39 is 0 Å². The Hall–Kier alpha value is -6.24. The summed E-state index contributed by atoms with van der Waals surface area (Å²) >= 11 is 0. The largest absolute Gasteiger partial charge is 0.0725 e. The van der Waals surface area contributed by atoms with Crippen molar-refractivity contribution in [3.05, 3.63) is 226 Å². The molecule has 0 heteroatoms. The molecule has 0 amide bonds. The highest BCUT2D eigenvalue weighted by Gasteiger charge is 2.54. The van der Waals surface area contributed by atoms with E-state index in [1.807, 2.05) is 0 Å². The highest BCUT2D eigenvalue weighted by Crippen LogP contribution is 2.67. The lowest BCUT2D eigenvalue weighted by Crippen LogP contribution is -2.26. The molecule has 0 saturated heterocycles. The van der Waals surface area contributed by atoms with E-state index in [0.29, 0.717) is 0 Å². The lowest BCUT2D eigenvalue weighted by molar-refractivity contribution is 0.793. The molecular formula is C50H30. The molecule has 2 spiro atoms. The molecule has 0 fully saturated rings. The van der Waals surface area contributed by atoms with Crippen LogP contribution in [0.3, 0.4) is 0 Å². The zero-order valence-corrected chi connectivity index (χ0v) is 27.3. The average Bonchev–Trinajstić information content (AvgIpc) is 3.87. The number of hydrogen-bond donors (Lipinski definition) is 0. The fourth-order valence-corrected chi connectivity index (χ4v) is 10.7. The van der Waals surface area contributed by atoms with Gasteiger partial charge in [-0.3, -0.25) is 0 Å². The maximum atomic E-state index is 2.40. The van der Waals surface area contributed by atoms with E-state index in [1.54, 1.807) is 0 Å². The smallest absolute Gasteiger partial charge is 0.0619 e. The molecule has 8 aromatic carbocycles. The highest BCUT2D eigenvalue weighted by molar-refractivity contribution is 6.05. The lowest BCUT2D eigenvalue weighted by atomic mass is 9.70. The Bertz CT molecular complexity index is 2490. The van der Waals surface area contributed by atoms with Crippen LogP contribution in [0, 0.1) is 0 Å². The van der Waals surface area contributed by atoms with Gasteiger partial charge >= 0.3 is 0 Å². The molecule has 0 N–H and O–H groups in total. The third kappa shape index (κ3) is 2.86. The maximum Gasteiger partial charge on any atom is 0.0725 e. The van der Waals surface area contributed by atoms with E-state index in [4.69, 9.17) is 0 Å². The molecule has 230 valence electrons. The van der Waals surface area contributed by atoms with Crippen LogP contribution in [-0.4, -0.2) is 0 Å². The molecule has 0 heterocycles. The first kappa shape index (κ1) is 26.7. The number of benzene rings is 8. The molecule has 0 atom stereocenters. The van der Waals surface area contributed by atoms with E-state index >= 15 is 0 Å². The Morgan fingerprint density at radius 2 is 0.400 bits per heavy atom. The topological polar surface area (TPSA) is 0 Å². The summed E-state index contributed by atoms with van der Waals surface area (Å²) in [6.45, 7) is 0. The third-order valence-electron chi connectivity index (χ3n) is 12.3. The molecule has 0 aromatic heterocycles. The molecule has 0 saturated carbocycles. The number of fused-ring (bicyclic) bond motifs is 20. The predicted octanol–water partition coefficient (Wildman–Crippen LogP) is 12.0. The Balaban J connectivity index is 1.20. The molecule has 0 bridgehead atoms. The molecule has 8 aromatic rings. The van der Waals surface area contributed by atoms with Crippen LogP contribution in [0.1, 0.15) is 44.5 Å². The average molecular weight is 631 g/mol. The van der Waals surface area contributed by atoms with Gasteiger partial charge < -0.3 is 0 Å². The molecule has 0 aliphatic heterocycles. The van der Waals surface area contributed by atoms with Crippen molar-refractivity contribution in [1.82, 2.24) is 0 Å². The summed E-state index contributed by atoms with van der Waals surface area (Å²) in [5, 5.41) is 0. The molecule has 4 aliphatic rings. The Kier molecular flexibility index (Phi) is 4.94. The van der Waals surface area contributed by atoms with Crippen molar-refractivity contribution < 1.29 is 0 Å². The normalized spacial score (nSPS) is 15.1. The summed E-state index contributed by atoms with van der Waals surface area (Å²) in [7, 11) is 0. The number of hydrogen-bond acceptors (Lipinski definition) is 0. The van der Waals surface area contributed by atoms with E-state index in [1.165, 1.54) is 100 Å². The highest BCUT2D eigenvalue weighted by atomic mass is 14.5. The van der Waals surface area contributed by atoms with Gasteiger partial charge in [-0.05, 0) is 100 Å². The van der Waals surface area contributed by atoms with Gasteiger partial charge in [-0.15, -0.1) is 0 Å². The molecule has 4 aliphatic carbocycles. The van der Waals surface area contributed by atoms with E-state index in [0.717, 1.165) is 0 Å². The van der Waals surface area contributed by atoms with Crippen LogP contribution in [-0.2, 0) is 10.8 Å². The van der Waals surface area contributed by atoms with Crippen LogP contribution in [0.25, 0.3) is 55.6 Å². The van der Waals surface area contributed by atoms with E-state index in [-0.39, 0.29) is 10.8 Å². The van der Waals surface area contributed by atoms with Gasteiger partial charge in [0.25, 0.3) is 0 Å². The van der Waals surface area contributed by atoms with Crippen LogP contribution in [0.2, 0.25) is 0 Å². The SMILES string of the molecule is c1ccc2c(c1)-c1ccccc1C21c2ccccc2-c2c(-c3cccc4c3-c3ccccc3C43c4ccccc4-c4ccccc43)cccc21. The second-order valence-corrected chi connectivity index (χ2v) is 14.2. The first-order valence-corrected chi connectivity index (χ1v) is 17.7. The summed E-state index contributed by atoms with van der Waals surface area (Å²) in [4.78, 5) is 0. The Morgan fingerprint density at radius 1 is 0.180 bits per heavy atom. The van der Waals surface area contributed by atoms with Crippen molar-refractivity contribution in [3.8, 4) is 55.6 Å². The van der Waals surface area contributed by atoms with E-state index in [2.05, 4.69) is 182 Å². The summed E-state index contributed by atoms with van der Waals surface area (Å²) < 4.78 is 0. The third-order valence-corrected chi connectivity index (χ3v) is 12.3. The minimum Gasteiger partial charge on any atom is -0.0619 e. The molecule has 0 radical (unpaired) electrons. The molecule has 12 rings (SSSR count). The predicted molar refractivity (Wildman–Crippen MR) is 204 cm³/mol. The van der Waals surface area contributed by atoms with Crippen LogP contribution < -0.4 is 0 Å². The summed E-state index contributed by atoms with van der Waals surface area (Å²) in [5.41, 5.74) is 23.6. The van der Waals surface area contributed by atoms with E-state index in [9.17, 15) is 0 Å². The number of rotatable bonds is 1. The van der Waals surface area contributed by atoms with Crippen molar-refractivity contribution in [3.63, 3.8) is 0 Å². The van der Waals surface area contributed by atoms with Crippen LogP contribution in [0.15, 0.2) is 182 Å². The first-order chi connectivity index (χ1) is 24.8. The fourth-order valence-electron chi connectivity index (χ4n) is 10.7. The van der Waals surface area contributed by atoms with Gasteiger partial charge in [-0.25, -0.2) is 0 Å². The molecule has 0 unspecified atom stereocenters. The van der Waals surface area contributed by atoms with Gasteiger partial charge in [0.05, 0.1) is 10.8 Å². The Morgan fingerprint density at radius 3 is 0.720 bits per heavy atom. The summed E-state index contributed by atoms with van der Waals surface area (Å²) in [6.07, 6.45) is 0. The van der Waals surface area contributed by atoms with Crippen LogP contribution in [0.5, 0.6) is 0 Å². The van der Waals surface area contributed by atoms with Gasteiger partial charge in [0, 0.05) is 0 Å². The van der Waals surface area contributed by atoms with Crippen molar-refractivity contribution in [2.45, 2.75) is 10.8 Å². The van der Waals surface area contributed by atoms with Crippen molar-refractivity contribution in [2.24, 2.45) is 0 Å². The minimum atomic E-state index is -0.366. The maximum absolute atomic E-state index is 2.40. The second-order valence-electron chi connectivity index (χ2n) is 14.2. The summed E-state index contributed by atoms with van der Waals surface area (Å²) in [6, 6.07) is 68.9. The van der Waals surface area contributed by atoms with Gasteiger partial charge in [-0.2, -0.15) is 0 Å². The molecule has 50 heavy (non-hydrogen) atoms. The molecule has 0 nitrogen and oxygen atoms in total.